The summed E-state index contributed by atoms with van der Waals surface area (Å²) in [6.07, 6.45) is 3.61. The van der Waals surface area contributed by atoms with Gasteiger partial charge in [-0.2, -0.15) is 0 Å². The first-order chi connectivity index (χ1) is 12.8. The molecule has 4 rings (SSSR count). The Balaban J connectivity index is 1.98. The SMILES string of the molecule is CC(C)(C)c1cc(-c2ccccc2)c(O)c(-n2c[n+]3cc(Cl)ccc3n2)c1. The fourth-order valence-corrected chi connectivity index (χ4v) is 3.26. The number of phenolic OH excluding ortho intramolecular Hbond substituents is 1. The Bertz CT molecular complexity index is 1130. The highest BCUT2D eigenvalue weighted by Gasteiger charge is 2.24. The highest BCUT2D eigenvalue weighted by atomic mass is 35.5. The number of halogens is 1. The van der Waals surface area contributed by atoms with Crippen molar-refractivity contribution in [3.8, 4) is 22.6 Å². The Morgan fingerprint density at radius 2 is 1.78 bits per heavy atom. The van der Waals surface area contributed by atoms with Crippen molar-refractivity contribution in [1.82, 2.24) is 9.78 Å². The van der Waals surface area contributed by atoms with Gasteiger partial charge in [-0.1, -0.05) is 67.4 Å². The topological polar surface area (TPSA) is 42.1 Å². The van der Waals surface area contributed by atoms with Crippen LogP contribution < -0.4 is 4.40 Å². The lowest BCUT2D eigenvalue weighted by Crippen LogP contribution is -2.17. The van der Waals surface area contributed by atoms with Crippen LogP contribution in [0.5, 0.6) is 5.75 Å². The average Bonchev–Trinajstić information content (AvgIpc) is 3.04. The molecular formula is C22H21ClN3O+. The molecule has 0 aliphatic carbocycles. The molecule has 2 heterocycles. The lowest BCUT2D eigenvalue weighted by molar-refractivity contribution is -0.512. The van der Waals surface area contributed by atoms with E-state index in [1.54, 1.807) is 16.9 Å². The largest absolute Gasteiger partial charge is 0.504 e. The predicted molar refractivity (Wildman–Crippen MR) is 108 cm³/mol. The van der Waals surface area contributed by atoms with Gasteiger partial charge in [0.05, 0.1) is 16.3 Å². The molecule has 5 heteroatoms. The second-order valence-corrected chi connectivity index (χ2v) is 8.12. The summed E-state index contributed by atoms with van der Waals surface area (Å²) in [5.74, 6) is 0.203. The molecule has 0 aliphatic heterocycles. The van der Waals surface area contributed by atoms with Crippen molar-refractivity contribution in [3.05, 3.63) is 77.7 Å². The minimum Gasteiger partial charge on any atom is -0.504 e. The number of rotatable bonds is 2. The maximum absolute atomic E-state index is 11.1. The van der Waals surface area contributed by atoms with E-state index < -0.39 is 0 Å². The predicted octanol–water partition coefficient (Wildman–Crippen LogP) is 4.93. The van der Waals surface area contributed by atoms with Crippen LogP contribution in [-0.4, -0.2) is 14.9 Å². The molecule has 0 fully saturated rings. The number of fused-ring (bicyclic) bond motifs is 1. The Morgan fingerprint density at radius 3 is 2.48 bits per heavy atom. The molecule has 4 nitrogen and oxygen atoms in total. The molecule has 27 heavy (non-hydrogen) atoms. The van der Waals surface area contributed by atoms with Crippen LogP contribution in [0.4, 0.5) is 0 Å². The van der Waals surface area contributed by atoms with Crippen LogP contribution in [0.1, 0.15) is 26.3 Å². The Morgan fingerprint density at radius 1 is 1.04 bits per heavy atom. The van der Waals surface area contributed by atoms with Gasteiger partial charge in [0.15, 0.2) is 11.4 Å². The zero-order valence-corrected chi connectivity index (χ0v) is 16.3. The van der Waals surface area contributed by atoms with Crippen LogP contribution in [-0.2, 0) is 5.41 Å². The van der Waals surface area contributed by atoms with Gasteiger partial charge in [-0.25, -0.2) is 4.40 Å². The fraction of sp³-hybridized carbons (Fsp3) is 0.182. The first kappa shape index (κ1) is 17.6. The van der Waals surface area contributed by atoms with E-state index in [0.717, 1.165) is 22.3 Å². The summed E-state index contributed by atoms with van der Waals surface area (Å²) < 4.78 is 3.54. The van der Waals surface area contributed by atoms with Crippen molar-refractivity contribution >= 4 is 17.2 Å². The summed E-state index contributed by atoms with van der Waals surface area (Å²) in [7, 11) is 0. The maximum atomic E-state index is 11.1. The summed E-state index contributed by atoms with van der Waals surface area (Å²) in [6, 6.07) is 17.6. The molecule has 0 atom stereocenters. The number of pyridine rings is 1. The Kier molecular flexibility index (Phi) is 4.16. The van der Waals surface area contributed by atoms with Crippen LogP contribution in [0.3, 0.4) is 0 Å². The monoisotopic (exact) mass is 378 g/mol. The van der Waals surface area contributed by atoms with E-state index >= 15 is 0 Å². The van der Waals surface area contributed by atoms with E-state index in [1.807, 2.05) is 53.2 Å². The molecule has 0 radical (unpaired) electrons. The molecule has 0 amide bonds. The number of aromatic nitrogens is 3. The third-order valence-corrected chi connectivity index (χ3v) is 4.87. The number of phenols is 1. The van der Waals surface area contributed by atoms with Crippen LogP contribution in [0.25, 0.3) is 22.5 Å². The molecule has 0 bridgehead atoms. The minimum absolute atomic E-state index is 0.0744. The van der Waals surface area contributed by atoms with E-state index in [-0.39, 0.29) is 11.2 Å². The number of aromatic hydroxyl groups is 1. The number of hydrogen-bond donors (Lipinski definition) is 1. The van der Waals surface area contributed by atoms with Crippen molar-refractivity contribution in [1.29, 1.82) is 0 Å². The normalized spacial score (nSPS) is 11.9. The molecule has 0 unspecified atom stereocenters. The van der Waals surface area contributed by atoms with Crippen molar-refractivity contribution < 1.29 is 9.51 Å². The Hall–Kier alpha value is -2.85. The summed E-state index contributed by atoms with van der Waals surface area (Å²) in [6.45, 7) is 6.48. The third-order valence-electron chi connectivity index (χ3n) is 4.65. The van der Waals surface area contributed by atoms with Crippen LogP contribution in [0, 0.1) is 0 Å². The smallest absolute Gasteiger partial charge is 0.306 e. The van der Waals surface area contributed by atoms with Crippen LogP contribution in [0.2, 0.25) is 5.02 Å². The zero-order chi connectivity index (χ0) is 19.2. The molecule has 136 valence electrons. The first-order valence-electron chi connectivity index (χ1n) is 8.82. The van der Waals surface area contributed by atoms with Crippen molar-refractivity contribution in [2.75, 3.05) is 0 Å². The molecule has 0 saturated carbocycles. The van der Waals surface area contributed by atoms with Gasteiger partial charge >= 0.3 is 5.65 Å². The van der Waals surface area contributed by atoms with Crippen molar-refractivity contribution in [3.63, 3.8) is 0 Å². The van der Waals surface area contributed by atoms with Gasteiger partial charge in [0.2, 0.25) is 6.33 Å². The van der Waals surface area contributed by atoms with E-state index in [0.29, 0.717) is 10.7 Å². The minimum atomic E-state index is -0.0744. The Labute approximate surface area is 163 Å². The fourth-order valence-electron chi connectivity index (χ4n) is 3.09. The summed E-state index contributed by atoms with van der Waals surface area (Å²) in [5, 5.41) is 16.3. The molecule has 0 saturated heterocycles. The van der Waals surface area contributed by atoms with Gasteiger partial charge < -0.3 is 5.11 Å². The summed E-state index contributed by atoms with van der Waals surface area (Å²) in [4.78, 5) is 0. The van der Waals surface area contributed by atoms with E-state index in [2.05, 4.69) is 31.9 Å². The summed E-state index contributed by atoms with van der Waals surface area (Å²) >= 11 is 6.09. The molecule has 2 aromatic heterocycles. The van der Waals surface area contributed by atoms with Gasteiger partial charge in [-0.3, -0.25) is 0 Å². The number of hydrogen-bond acceptors (Lipinski definition) is 2. The first-order valence-corrected chi connectivity index (χ1v) is 9.20. The van der Waals surface area contributed by atoms with Gasteiger partial charge in [-0.05, 0) is 34.7 Å². The quantitative estimate of drug-likeness (QED) is 0.502. The number of benzene rings is 2. The van der Waals surface area contributed by atoms with Gasteiger partial charge in [0.1, 0.15) is 0 Å². The van der Waals surface area contributed by atoms with Gasteiger partial charge in [-0.15, -0.1) is 0 Å². The highest BCUT2D eigenvalue weighted by Crippen LogP contribution is 2.38. The zero-order valence-electron chi connectivity index (χ0n) is 15.5. The third kappa shape index (κ3) is 3.28. The van der Waals surface area contributed by atoms with E-state index in [4.69, 9.17) is 11.6 Å². The van der Waals surface area contributed by atoms with E-state index in [9.17, 15) is 5.11 Å². The molecule has 0 spiro atoms. The second kappa shape index (κ2) is 6.39. The highest BCUT2D eigenvalue weighted by molar-refractivity contribution is 6.30. The second-order valence-electron chi connectivity index (χ2n) is 7.68. The van der Waals surface area contributed by atoms with Crippen LogP contribution >= 0.6 is 11.6 Å². The van der Waals surface area contributed by atoms with Crippen LogP contribution in [0.15, 0.2) is 67.1 Å². The molecule has 2 aromatic carbocycles. The van der Waals surface area contributed by atoms with Gasteiger partial charge in [0, 0.05) is 11.6 Å². The average molecular weight is 379 g/mol. The lowest BCUT2D eigenvalue weighted by atomic mass is 9.84. The molecular weight excluding hydrogens is 358 g/mol. The molecule has 0 aliphatic rings. The standard InChI is InChI=1S/C22H20ClN3O/c1-22(2,3)16-11-18(15-7-5-4-6-8-15)21(27)19(12-16)26-14-25-13-17(23)9-10-20(25)24-26/h4-14H,1-3H3/p+1. The van der Waals surface area contributed by atoms with Crippen molar-refractivity contribution in [2.45, 2.75) is 26.2 Å². The lowest BCUT2D eigenvalue weighted by Gasteiger charge is -2.21. The van der Waals surface area contributed by atoms with E-state index in [1.165, 1.54) is 0 Å². The molecule has 1 N–H and O–H groups in total. The van der Waals surface area contributed by atoms with Gasteiger partial charge in [0.25, 0.3) is 0 Å². The maximum Gasteiger partial charge on any atom is 0.306 e. The number of nitrogens with zero attached hydrogens (tertiary/aromatic N) is 3. The summed E-state index contributed by atoms with van der Waals surface area (Å²) in [5.41, 5.74) is 4.20. The molecule has 4 aromatic rings. The van der Waals surface area contributed by atoms with Crippen molar-refractivity contribution in [2.24, 2.45) is 0 Å².